The summed E-state index contributed by atoms with van der Waals surface area (Å²) < 4.78 is 9.66. The van der Waals surface area contributed by atoms with E-state index in [-0.39, 0.29) is 18.1 Å². The second-order valence-electron chi connectivity index (χ2n) is 6.53. The molecular formula is C18H22N6O2. The molecule has 0 spiro atoms. The third-order valence-electron chi connectivity index (χ3n) is 4.88. The van der Waals surface area contributed by atoms with Gasteiger partial charge in [0.15, 0.2) is 0 Å². The number of carbonyl (C=O) groups is 1. The van der Waals surface area contributed by atoms with Crippen LogP contribution in [0.1, 0.15) is 22.1 Å². The van der Waals surface area contributed by atoms with Gasteiger partial charge in [-0.1, -0.05) is 0 Å². The lowest BCUT2D eigenvalue weighted by atomic mass is 10.0. The molecule has 8 heteroatoms. The summed E-state index contributed by atoms with van der Waals surface area (Å²) in [5, 5.41) is 7.27. The van der Waals surface area contributed by atoms with E-state index >= 15 is 0 Å². The van der Waals surface area contributed by atoms with Crippen molar-refractivity contribution in [3.8, 4) is 0 Å². The first-order valence-corrected chi connectivity index (χ1v) is 8.64. The number of likely N-dealkylation sites (N-methyl/N-ethyl adjacent to an activating group) is 1. The average molecular weight is 354 g/mol. The summed E-state index contributed by atoms with van der Waals surface area (Å²) in [4.78, 5) is 19.0. The summed E-state index contributed by atoms with van der Waals surface area (Å²) in [5.74, 6) is -0.124. The smallest absolute Gasteiger partial charge is 0.252 e. The number of hydrogen-bond acceptors (Lipinski definition) is 5. The van der Waals surface area contributed by atoms with Crippen molar-refractivity contribution in [2.24, 2.45) is 7.05 Å². The Kier molecular flexibility index (Phi) is 4.44. The topological polar surface area (TPSA) is 76.7 Å². The zero-order chi connectivity index (χ0) is 18.1. The number of nitrogens with zero attached hydrogens (tertiary/aromatic N) is 5. The molecule has 26 heavy (non-hydrogen) atoms. The highest BCUT2D eigenvalue weighted by molar-refractivity contribution is 5.94. The molecule has 0 bridgehead atoms. The van der Waals surface area contributed by atoms with Crippen molar-refractivity contribution in [3.63, 3.8) is 0 Å². The molecule has 3 aromatic rings. The minimum Gasteiger partial charge on any atom is -0.373 e. The molecule has 0 unspecified atom stereocenters. The fourth-order valence-electron chi connectivity index (χ4n) is 3.47. The first kappa shape index (κ1) is 16.7. The van der Waals surface area contributed by atoms with Gasteiger partial charge in [-0.25, -0.2) is 4.98 Å². The monoisotopic (exact) mass is 354 g/mol. The van der Waals surface area contributed by atoms with Crippen LogP contribution in [-0.2, 0) is 11.8 Å². The molecule has 4 rings (SSSR count). The summed E-state index contributed by atoms with van der Waals surface area (Å²) in [6.07, 6.45) is 6.97. The molecule has 1 aliphatic heterocycles. The minimum absolute atomic E-state index is 0.0488. The van der Waals surface area contributed by atoms with Crippen molar-refractivity contribution in [1.82, 2.24) is 29.4 Å². The highest BCUT2D eigenvalue weighted by atomic mass is 16.5. The SMILES string of the molecule is CN1CCO[C@@H](CNC(=O)c2ccc3nccn3c2)[C@@H]1c1ccnn1C. The van der Waals surface area contributed by atoms with Crippen LogP contribution < -0.4 is 5.32 Å². The standard InChI is InChI=1S/C18H22N6O2/c1-22-9-10-26-15(17(22)14-5-6-21-23(14)2)11-20-18(25)13-3-4-16-19-7-8-24(16)12-13/h3-8,12,15,17H,9-11H2,1-2H3,(H,20,25)/t15-,17-/m0/s1. The molecule has 1 amide bonds. The van der Waals surface area contributed by atoms with E-state index in [0.29, 0.717) is 18.7 Å². The third kappa shape index (κ3) is 3.09. The molecule has 0 radical (unpaired) electrons. The van der Waals surface area contributed by atoms with Crippen LogP contribution in [0, 0.1) is 0 Å². The van der Waals surface area contributed by atoms with Gasteiger partial charge >= 0.3 is 0 Å². The number of pyridine rings is 1. The average Bonchev–Trinajstić information content (AvgIpc) is 3.27. The van der Waals surface area contributed by atoms with Crippen LogP contribution in [0.2, 0.25) is 0 Å². The van der Waals surface area contributed by atoms with Crippen LogP contribution in [0.4, 0.5) is 0 Å². The molecule has 8 nitrogen and oxygen atoms in total. The fraction of sp³-hybridized carbons (Fsp3) is 0.389. The summed E-state index contributed by atoms with van der Waals surface area (Å²) in [7, 11) is 4.00. The Labute approximate surface area is 151 Å². The van der Waals surface area contributed by atoms with Crippen molar-refractivity contribution in [2.75, 3.05) is 26.7 Å². The summed E-state index contributed by atoms with van der Waals surface area (Å²) in [6, 6.07) is 5.66. The molecule has 0 aliphatic carbocycles. The van der Waals surface area contributed by atoms with Gasteiger partial charge in [0.05, 0.1) is 30.0 Å². The fourth-order valence-corrected chi connectivity index (χ4v) is 3.47. The quantitative estimate of drug-likeness (QED) is 0.752. The van der Waals surface area contributed by atoms with Crippen LogP contribution in [0.25, 0.3) is 5.65 Å². The van der Waals surface area contributed by atoms with Crippen LogP contribution in [-0.4, -0.2) is 62.8 Å². The number of hydrogen-bond donors (Lipinski definition) is 1. The summed E-state index contributed by atoms with van der Waals surface area (Å²) in [6.45, 7) is 1.92. The van der Waals surface area contributed by atoms with Crippen molar-refractivity contribution in [3.05, 3.63) is 54.2 Å². The predicted octanol–water partition coefficient (Wildman–Crippen LogP) is 0.869. The number of rotatable bonds is 4. The molecule has 1 saturated heterocycles. The first-order valence-electron chi connectivity index (χ1n) is 8.64. The lowest BCUT2D eigenvalue weighted by molar-refractivity contribution is -0.0629. The number of imidazole rings is 1. The predicted molar refractivity (Wildman–Crippen MR) is 95.8 cm³/mol. The Balaban J connectivity index is 1.48. The molecule has 0 aromatic carbocycles. The van der Waals surface area contributed by atoms with E-state index in [1.807, 2.05) is 34.5 Å². The second kappa shape index (κ2) is 6.89. The van der Waals surface area contributed by atoms with Crippen LogP contribution in [0.15, 0.2) is 43.0 Å². The van der Waals surface area contributed by atoms with Gasteiger partial charge < -0.3 is 14.5 Å². The Morgan fingerprint density at radius 1 is 1.31 bits per heavy atom. The number of amides is 1. The zero-order valence-electron chi connectivity index (χ0n) is 14.9. The van der Waals surface area contributed by atoms with E-state index in [9.17, 15) is 4.79 Å². The van der Waals surface area contributed by atoms with Gasteiger partial charge in [-0.05, 0) is 25.2 Å². The van der Waals surface area contributed by atoms with Gasteiger partial charge in [-0.3, -0.25) is 14.4 Å². The molecule has 4 heterocycles. The van der Waals surface area contributed by atoms with Crippen LogP contribution in [0.5, 0.6) is 0 Å². The van der Waals surface area contributed by atoms with Gasteiger partial charge in [0, 0.05) is 44.9 Å². The Morgan fingerprint density at radius 2 is 2.19 bits per heavy atom. The number of ether oxygens (including phenoxy) is 1. The van der Waals surface area contributed by atoms with Gasteiger partial charge in [0.25, 0.3) is 5.91 Å². The van der Waals surface area contributed by atoms with Gasteiger partial charge in [-0.15, -0.1) is 0 Å². The summed E-state index contributed by atoms with van der Waals surface area (Å²) in [5.41, 5.74) is 2.48. The zero-order valence-corrected chi connectivity index (χ0v) is 14.9. The summed E-state index contributed by atoms with van der Waals surface area (Å²) >= 11 is 0. The van der Waals surface area contributed by atoms with Crippen molar-refractivity contribution in [1.29, 1.82) is 0 Å². The molecule has 2 atom stereocenters. The largest absolute Gasteiger partial charge is 0.373 e. The van der Waals surface area contributed by atoms with E-state index in [2.05, 4.69) is 27.3 Å². The number of carbonyl (C=O) groups excluding carboxylic acids is 1. The maximum atomic E-state index is 12.6. The van der Waals surface area contributed by atoms with Crippen molar-refractivity contribution in [2.45, 2.75) is 12.1 Å². The molecule has 1 aliphatic rings. The van der Waals surface area contributed by atoms with Crippen LogP contribution >= 0.6 is 0 Å². The molecular weight excluding hydrogens is 332 g/mol. The van der Waals surface area contributed by atoms with E-state index < -0.39 is 0 Å². The van der Waals surface area contributed by atoms with E-state index in [1.165, 1.54) is 0 Å². The highest BCUT2D eigenvalue weighted by Crippen LogP contribution is 2.27. The van der Waals surface area contributed by atoms with E-state index in [0.717, 1.165) is 17.9 Å². The Hall–Kier alpha value is -2.71. The highest BCUT2D eigenvalue weighted by Gasteiger charge is 2.33. The molecule has 0 saturated carbocycles. The maximum Gasteiger partial charge on any atom is 0.252 e. The van der Waals surface area contributed by atoms with Crippen molar-refractivity contribution >= 4 is 11.6 Å². The van der Waals surface area contributed by atoms with Gasteiger partial charge in [0.2, 0.25) is 0 Å². The Bertz CT molecular complexity index is 917. The normalized spacial score (nSPS) is 21.2. The third-order valence-corrected chi connectivity index (χ3v) is 4.88. The lowest BCUT2D eigenvalue weighted by Gasteiger charge is -2.39. The minimum atomic E-state index is -0.134. The first-order chi connectivity index (χ1) is 12.6. The van der Waals surface area contributed by atoms with Crippen LogP contribution in [0.3, 0.4) is 0 Å². The maximum absolute atomic E-state index is 12.6. The second-order valence-corrected chi connectivity index (χ2v) is 6.53. The number of aryl methyl sites for hydroxylation is 1. The number of fused-ring (bicyclic) bond motifs is 1. The Morgan fingerprint density at radius 3 is 3.00 bits per heavy atom. The molecule has 3 aromatic heterocycles. The molecule has 136 valence electrons. The lowest BCUT2D eigenvalue weighted by Crippen LogP contribution is -2.48. The van der Waals surface area contributed by atoms with Crippen molar-refractivity contribution < 1.29 is 9.53 Å². The van der Waals surface area contributed by atoms with E-state index in [4.69, 9.17) is 4.74 Å². The number of aromatic nitrogens is 4. The van der Waals surface area contributed by atoms with Gasteiger partial charge in [-0.2, -0.15) is 5.10 Å². The molecule has 1 fully saturated rings. The molecule has 1 N–H and O–H groups in total. The number of morpholine rings is 1. The van der Waals surface area contributed by atoms with E-state index in [1.54, 1.807) is 24.7 Å². The van der Waals surface area contributed by atoms with Gasteiger partial charge in [0.1, 0.15) is 5.65 Å². The number of nitrogens with one attached hydrogen (secondary N) is 1.